The summed E-state index contributed by atoms with van der Waals surface area (Å²) in [4.78, 5) is 14.4. The summed E-state index contributed by atoms with van der Waals surface area (Å²) >= 11 is 8.55. The summed E-state index contributed by atoms with van der Waals surface area (Å²) in [6.45, 7) is 0.837. The first-order valence-corrected chi connectivity index (χ1v) is 7.32. The summed E-state index contributed by atoms with van der Waals surface area (Å²) in [5.74, 6) is 0.0337. The predicted octanol–water partition coefficient (Wildman–Crippen LogP) is 1.80. The van der Waals surface area contributed by atoms with Crippen LogP contribution in [0.25, 0.3) is 0 Å². The molecule has 1 heterocycles. The maximum Gasteiger partial charge on any atom is 0.242 e. The molecule has 1 amide bonds. The zero-order valence-electron chi connectivity index (χ0n) is 10.6. The van der Waals surface area contributed by atoms with Crippen molar-refractivity contribution in [2.75, 3.05) is 18.5 Å². The van der Waals surface area contributed by atoms with Gasteiger partial charge in [0.15, 0.2) is 0 Å². The van der Waals surface area contributed by atoms with Gasteiger partial charge in [-0.25, -0.2) is 0 Å². The highest BCUT2D eigenvalue weighted by molar-refractivity contribution is 9.10. The summed E-state index contributed by atoms with van der Waals surface area (Å²) in [5, 5.41) is 2.71. The summed E-state index contributed by atoms with van der Waals surface area (Å²) in [5.41, 5.74) is 7.51. The van der Waals surface area contributed by atoms with Gasteiger partial charge in [0, 0.05) is 29.3 Å². The lowest BCUT2D eigenvalue weighted by molar-refractivity contribution is -0.121. The number of nitrogens with one attached hydrogen (secondary N) is 1. The number of likely N-dealkylation sites (N-methyl/N-ethyl adjacent to an activating group) is 1. The van der Waals surface area contributed by atoms with Crippen LogP contribution < -0.4 is 16.0 Å². The fraction of sp³-hybridized carbons (Fsp3) is 0.385. The summed E-state index contributed by atoms with van der Waals surface area (Å²) in [6, 6.07) is 5.62. The molecule has 0 aliphatic carbocycles. The molecule has 6 heteroatoms. The van der Waals surface area contributed by atoms with Gasteiger partial charge in [-0.15, -0.1) is 0 Å². The number of rotatable bonds is 3. The SMILES string of the molecule is CNC(=O)C1CCCN1c1cc(Br)ccc1C(N)=S. The van der Waals surface area contributed by atoms with Gasteiger partial charge in [0.05, 0.1) is 0 Å². The van der Waals surface area contributed by atoms with E-state index in [-0.39, 0.29) is 11.9 Å². The van der Waals surface area contributed by atoms with Crippen molar-refractivity contribution in [2.45, 2.75) is 18.9 Å². The van der Waals surface area contributed by atoms with Gasteiger partial charge in [0.2, 0.25) is 5.91 Å². The first-order valence-electron chi connectivity index (χ1n) is 6.12. The van der Waals surface area contributed by atoms with Crippen LogP contribution in [0, 0.1) is 0 Å². The molecule has 0 radical (unpaired) electrons. The Hall–Kier alpha value is -1.14. The lowest BCUT2D eigenvalue weighted by Crippen LogP contribution is -2.42. The molecular formula is C13H16BrN3OS. The number of hydrogen-bond acceptors (Lipinski definition) is 3. The van der Waals surface area contributed by atoms with E-state index in [1.165, 1.54) is 0 Å². The molecule has 1 atom stereocenters. The minimum absolute atomic E-state index is 0.0337. The summed E-state index contributed by atoms with van der Waals surface area (Å²) in [6.07, 6.45) is 1.84. The molecule has 1 unspecified atom stereocenters. The van der Waals surface area contributed by atoms with Gasteiger partial charge in [0.1, 0.15) is 11.0 Å². The van der Waals surface area contributed by atoms with Crippen molar-refractivity contribution in [1.29, 1.82) is 0 Å². The predicted molar refractivity (Wildman–Crippen MR) is 84.5 cm³/mol. The Morgan fingerprint density at radius 1 is 1.58 bits per heavy atom. The number of nitrogens with zero attached hydrogens (tertiary/aromatic N) is 1. The van der Waals surface area contributed by atoms with E-state index < -0.39 is 0 Å². The Balaban J connectivity index is 2.42. The van der Waals surface area contributed by atoms with Crippen LogP contribution in [0.3, 0.4) is 0 Å². The number of nitrogens with two attached hydrogens (primary N) is 1. The van der Waals surface area contributed by atoms with E-state index in [0.29, 0.717) is 4.99 Å². The maximum atomic E-state index is 11.9. The van der Waals surface area contributed by atoms with E-state index in [1.54, 1.807) is 7.05 Å². The normalized spacial score (nSPS) is 18.4. The molecule has 19 heavy (non-hydrogen) atoms. The molecule has 4 nitrogen and oxygen atoms in total. The summed E-state index contributed by atoms with van der Waals surface area (Å²) in [7, 11) is 1.66. The van der Waals surface area contributed by atoms with Crippen molar-refractivity contribution in [1.82, 2.24) is 5.32 Å². The second-order valence-corrected chi connectivity index (χ2v) is 5.85. The molecule has 1 aromatic carbocycles. The van der Waals surface area contributed by atoms with Crippen LogP contribution in [-0.2, 0) is 4.79 Å². The van der Waals surface area contributed by atoms with Gasteiger partial charge in [0.25, 0.3) is 0 Å². The van der Waals surface area contributed by atoms with Gasteiger partial charge in [-0.3, -0.25) is 4.79 Å². The zero-order chi connectivity index (χ0) is 14.0. The Morgan fingerprint density at radius 3 is 2.95 bits per heavy atom. The monoisotopic (exact) mass is 341 g/mol. The van der Waals surface area contributed by atoms with Gasteiger partial charge in [-0.2, -0.15) is 0 Å². The molecule has 0 aromatic heterocycles. The first-order chi connectivity index (χ1) is 9.04. The second-order valence-electron chi connectivity index (χ2n) is 4.49. The molecule has 0 saturated carbocycles. The van der Waals surface area contributed by atoms with Crippen molar-refractivity contribution in [3.8, 4) is 0 Å². The molecule has 0 spiro atoms. The first kappa shape index (κ1) is 14.3. The second kappa shape index (κ2) is 5.88. The number of amides is 1. The lowest BCUT2D eigenvalue weighted by Gasteiger charge is -2.27. The van der Waals surface area contributed by atoms with Crippen LogP contribution in [0.1, 0.15) is 18.4 Å². The minimum Gasteiger partial charge on any atom is -0.389 e. The molecule has 0 bridgehead atoms. The lowest BCUT2D eigenvalue weighted by atomic mass is 10.1. The molecule has 1 aliphatic rings. The van der Waals surface area contributed by atoms with Crippen LogP contribution in [0.15, 0.2) is 22.7 Å². The zero-order valence-corrected chi connectivity index (χ0v) is 13.1. The van der Waals surface area contributed by atoms with Gasteiger partial charge < -0.3 is 16.0 Å². The van der Waals surface area contributed by atoms with E-state index in [9.17, 15) is 4.79 Å². The highest BCUT2D eigenvalue weighted by Gasteiger charge is 2.31. The third-order valence-electron chi connectivity index (χ3n) is 3.34. The van der Waals surface area contributed by atoms with E-state index in [2.05, 4.69) is 26.1 Å². The quantitative estimate of drug-likeness (QED) is 0.823. The van der Waals surface area contributed by atoms with E-state index >= 15 is 0 Å². The van der Waals surface area contributed by atoms with Crippen molar-refractivity contribution in [3.05, 3.63) is 28.2 Å². The van der Waals surface area contributed by atoms with E-state index in [1.807, 2.05) is 18.2 Å². The maximum absolute atomic E-state index is 11.9. The molecule has 1 saturated heterocycles. The fourth-order valence-corrected chi connectivity index (χ4v) is 2.97. The Labute approximate surface area is 126 Å². The summed E-state index contributed by atoms with van der Waals surface area (Å²) < 4.78 is 0.949. The number of hydrogen-bond donors (Lipinski definition) is 2. The fourth-order valence-electron chi connectivity index (χ4n) is 2.45. The highest BCUT2D eigenvalue weighted by atomic mass is 79.9. The van der Waals surface area contributed by atoms with Crippen LogP contribution in [-0.4, -0.2) is 30.5 Å². The Morgan fingerprint density at radius 2 is 2.32 bits per heavy atom. The number of benzene rings is 1. The molecule has 3 N–H and O–H groups in total. The third-order valence-corrected chi connectivity index (χ3v) is 4.05. The van der Waals surface area contributed by atoms with Crippen LogP contribution in [0.5, 0.6) is 0 Å². The van der Waals surface area contributed by atoms with E-state index in [4.69, 9.17) is 18.0 Å². The Bertz CT molecular complexity index is 521. The van der Waals surface area contributed by atoms with Gasteiger partial charge in [-0.05, 0) is 31.0 Å². The average molecular weight is 342 g/mol. The smallest absolute Gasteiger partial charge is 0.242 e. The minimum atomic E-state index is -0.146. The topological polar surface area (TPSA) is 58.4 Å². The van der Waals surface area contributed by atoms with Crippen molar-refractivity contribution >= 4 is 44.7 Å². The van der Waals surface area contributed by atoms with Crippen LogP contribution in [0.4, 0.5) is 5.69 Å². The van der Waals surface area contributed by atoms with Crippen molar-refractivity contribution < 1.29 is 4.79 Å². The molecule has 1 aliphatic heterocycles. The average Bonchev–Trinajstić information content (AvgIpc) is 2.86. The molecule has 1 aromatic rings. The number of carbonyl (C=O) groups excluding carboxylic acids is 1. The largest absolute Gasteiger partial charge is 0.389 e. The standard InChI is InChI=1S/C13H16BrN3OS/c1-16-13(18)10-3-2-6-17(10)11-7-8(14)4-5-9(11)12(15)19/h4-5,7,10H,2-3,6H2,1H3,(H2,15,19)(H,16,18). The Kier molecular flexibility index (Phi) is 4.42. The van der Waals surface area contributed by atoms with Crippen LogP contribution in [0.2, 0.25) is 0 Å². The number of halogens is 1. The number of carbonyl (C=O) groups is 1. The molecule has 102 valence electrons. The molecule has 1 fully saturated rings. The van der Waals surface area contributed by atoms with Crippen molar-refractivity contribution in [3.63, 3.8) is 0 Å². The highest BCUT2D eigenvalue weighted by Crippen LogP contribution is 2.31. The van der Waals surface area contributed by atoms with Crippen molar-refractivity contribution in [2.24, 2.45) is 5.73 Å². The third kappa shape index (κ3) is 2.90. The van der Waals surface area contributed by atoms with Crippen LogP contribution >= 0.6 is 28.1 Å². The number of anilines is 1. The van der Waals surface area contributed by atoms with E-state index in [0.717, 1.165) is 35.1 Å². The van der Waals surface area contributed by atoms with Gasteiger partial charge in [-0.1, -0.05) is 28.1 Å². The molecule has 2 rings (SSSR count). The molecular weight excluding hydrogens is 326 g/mol. The van der Waals surface area contributed by atoms with Gasteiger partial charge >= 0.3 is 0 Å². The number of thiocarbonyl (C=S) groups is 1.